The number of amidine groups is 1. The largest absolute Gasteiger partial charge is 1.00 e. The fourth-order valence-electron chi connectivity index (χ4n) is 3.69. The minimum atomic E-state index is -4.57. The molecular formula is C25H21ClK2N5O5PS2. The van der Waals surface area contributed by atoms with Crippen molar-refractivity contribution < 1.29 is 126 Å². The van der Waals surface area contributed by atoms with Gasteiger partial charge in [-0.25, -0.2) is 9.56 Å². The van der Waals surface area contributed by atoms with Crippen molar-refractivity contribution in [2.75, 3.05) is 19.0 Å². The van der Waals surface area contributed by atoms with Crippen LogP contribution in [0, 0.1) is 11.3 Å². The molecule has 2 aromatic carbocycles. The van der Waals surface area contributed by atoms with Gasteiger partial charge in [-0.1, -0.05) is 41.4 Å². The molecule has 2 aromatic rings. The summed E-state index contributed by atoms with van der Waals surface area (Å²) in [6.45, 7) is -0.377. The van der Waals surface area contributed by atoms with Gasteiger partial charge < -0.3 is 31.0 Å². The second kappa shape index (κ2) is 17.7. The van der Waals surface area contributed by atoms with E-state index in [1.165, 1.54) is 11.8 Å². The first-order chi connectivity index (χ1) is 18.7. The minimum absolute atomic E-state index is 0. The number of nitrogens with two attached hydrogens (primary N) is 1. The quantitative estimate of drug-likeness (QED) is 0.128. The number of nitriles is 1. The van der Waals surface area contributed by atoms with Crippen molar-refractivity contribution >= 4 is 60.2 Å². The molecule has 2 atom stereocenters. The van der Waals surface area contributed by atoms with E-state index in [1.54, 1.807) is 36.0 Å². The van der Waals surface area contributed by atoms with E-state index in [0.29, 0.717) is 33.2 Å². The summed E-state index contributed by atoms with van der Waals surface area (Å²) < 4.78 is 20.6. The third-order valence-corrected chi connectivity index (χ3v) is 8.36. The van der Waals surface area contributed by atoms with Gasteiger partial charge in [-0.15, -0.1) is 29.2 Å². The molecular weight excluding hydrogens is 659 g/mol. The molecule has 0 fully saturated rings. The van der Waals surface area contributed by atoms with E-state index in [-0.39, 0.29) is 133 Å². The molecule has 2 unspecified atom stereocenters. The average Bonchev–Trinajstić information content (AvgIpc) is 3.39. The van der Waals surface area contributed by atoms with Crippen molar-refractivity contribution in [3.8, 4) is 11.8 Å². The number of phosphoric acid groups is 1. The number of dihydropyridines is 1. The molecule has 4 rings (SSSR count). The van der Waals surface area contributed by atoms with Crippen LogP contribution in [0.15, 0.2) is 75.8 Å². The Labute approximate surface area is 336 Å². The number of ether oxygens (including phenoxy) is 1. The number of phosphoric ester groups is 1. The first-order valence-electron chi connectivity index (χ1n) is 11.3. The summed E-state index contributed by atoms with van der Waals surface area (Å²) in [6.07, 6.45) is 0. The van der Waals surface area contributed by atoms with Gasteiger partial charge >= 0.3 is 111 Å². The van der Waals surface area contributed by atoms with Crippen molar-refractivity contribution in [3.63, 3.8) is 0 Å². The Morgan fingerprint density at radius 3 is 2.46 bits per heavy atom. The monoisotopic (exact) mass is 679 g/mol. The number of aliphatic imine (C=N–C) groups is 1. The van der Waals surface area contributed by atoms with Gasteiger partial charge in [-0.2, -0.15) is 5.26 Å². The van der Waals surface area contributed by atoms with E-state index in [4.69, 9.17) is 37.2 Å². The maximum Gasteiger partial charge on any atom is 1.00 e. The van der Waals surface area contributed by atoms with Gasteiger partial charge in [0.2, 0.25) is 0 Å². The molecule has 2 aliphatic heterocycles. The van der Waals surface area contributed by atoms with Gasteiger partial charge in [0.1, 0.15) is 35.2 Å². The first kappa shape index (κ1) is 37.5. The maximum atomic E-state index is 10.8. The Balaban J connectivity index is 0.00000294. The van der Waals surface area contributed by atoms with Gasteiger partial charge in [0.05, 0.1) is 6.61 Å². The molecule has 202 valence electrons. The average molecular weight is 680 g/mol. The Morgan fingerprint density at radius 1 is 1.17 bits per heavy atom. The van der Waals surface area contributed by atoms with E-state index in [9.17, 15) is 15.2 Å². The molecule has 0 radical (unpaired) electrons. The molecule has 41 heavy (non-hydrogen) atoms. The van der Waals surface area contributed by atoms with Crippen LogP contribution in [-0.2, 0) is 9.09 Å². The second-order valence-electron chi connectivity index (χ2n) is 8.04. The number of hydrogen-bond donors (Lipinski definition) is 3. The Hall–Kier alpha value is 0.303. The van der Waals surface area contributed by atoms with E-state index in [2.05, 4.69) is 21.5 Å². The number of hydrogen-bond acceptors (Lipinski definition) is 8. The van der Waals surface area contributed by atoms with E-state index < -0.39 is 13.2 Å². The van der Waals surface area contributed by atoms with Gasteiger partial charge in [0.15, 0.2) is 0 Å². The molecule has 2 aliphatic rings. The van der Waals surface area contributed by atoms with Gasteiger partial charge in [0.25, 0.3) is 0 Å². The number of benzene rings is 2. The van der Waals surface area contributed by atoms with Crippen LogP contribution >= 0.6 is 42.9 Å². The predicted octanol–water partition coefficient (Wildman–Crippen LogP) is -0.630. The zero-order valence-electron chi connectivity index (χ0n) is 22.1. The Morgan fingerprint density at radius 2 is 1.85 bits per heavy atom. The summed E-state index contributed by atoms with van der Waals surface area (Å²) in [7, 11) is -4.57. The van der Waals surface area contributed by atoms with Crippen LogP contribution in [0.5, 0.6) is 5.75 Å². The summed E-state index contributed by atoms with van der Waals surface area (Å²) in [4.78, 5) is 21.9. The van der Waals surface area contributed by atoms with E-state index >= 15 is 0 Å². The van der Waals surface area contributed by atoms with Gasteiger partial charge in [0, 0.05) is 21.9 Å². The van der Waals surface area contributed by atoms with E-state index in [1.807, 2.05) is 29.7 Å². The summed E-state index contributed by atoms with van der Waals surface area (Å²) in [5, 5.41) is 26.5. The van der Waals surface area contributed by atoms with Crippen LogP contribution in [0.3, 0.4) is 0 Å². The minimum Gasteiger partial charge on any atom is -0.763 e. The van der Waals surface area contributed by atoms with Crippen LogP contribution in [0.1, 0.15) is 16.5 Å². The molecule has 0 bridgehead atoms. The topological polar surface area (TPSA) is 175 Å². The van der Waals surface area contributed by atoms with Crippen LogP contribution < -0.4 is 113 Å². The number of halogens is 1. The second-order valence-corrected chi connectivity index (χ2v) is 11.7. The van der Waals surface area contributed by atoms with Crippen LogP contribution in [0.4, 0.5) is 0 Å². The molecule has 2 heterocycles. The molecule has 0 aliphatic carbocycles. The molecule has 10 nitrogen and oxygen atoms in total. The van der Waals surface area contributed by atoms with Crippen molar-refractivity contribution in [2.45, 2.75) is 10.7 Å². The van der Waals surface area contributed by atoms with Crippen molar-refractivity contribution in [3.05, 3.63) is 97.7 Å². The SMILES string of the molecule is N#CC1=C(c2ccc(OCCOP(=O)(O)O)cc2)C(=C=[N-])C(SCC2=CSC(c3ccc(Cl)cc3)[N-]2)N=C1N.[K+].[K+]. The fraction of sp³-hybridized carbons (Fsp3) is 0.200. The standard InChI is InChI=1S/C25H21ClN5O5PS2.2K/c26-17-5-1-16(2-6-17)24-30-18(13-38-24)14-39-25-21(12-28)22(20(11-27)23(29)31-25)15-3-7-19(8-4-15)35-9-10-36-37(32,33)34;;/h1-8,13,24-25H,9-10,14H2,(H2,29,31)(H2,32,33,34);;/q-2;2*+1. The molecule has 4 N–H and O–H groups in total. The number of nitrogens with zero attached hydrogens (tertiary/aromatic N) is 4. The maximum absolute atomic E-state index is 10.8. The molecule has 0 saturated heterocycles. The predicted molar refractivity (Wildman–Crippen MR) is 155 cm³/mol. The third-order valence-electron chi connectivity index (χ3n) is 5.43. The summed E-state index contributed by atoms with van der Waals surface area (Å²) in [5.74, 6) is 3.16. The Bertz CT molecular complexity index is 1470. The molecule has 0 aromatic heterocycles. The van der Waals surface area contributed by atoms with Crippen LogP contribution in [-0.4, -0.2) is 45.8 Å². The zero-order valence-corrected chi connectivity index (χ0v) is 31.6. The fourth-order valence-corrected chi connectivity index (χ4v) is 6.19. The van der Waals surface area contributed by atoms with Crippen molar-refractivity contribution in [1.29, 1.82) is 5.26 Å². The summed E-state index contributed by atoms with van der Waals surface area (Å²) in [5.41, 5.74) is 9.42. The van der Waals surface area contributed by atoms with E-state index in [0.717, 1.165) is 11.3 Å². The zero-order chi connectivity index (χ0) is 28.0. The first-order valence-corrected chi connectivity index (χ1v) is 15.2. The molecule has 0 amide bonds. The molecule has 0 saturated carbocycles. The van der Waals surface area contributed by atoms with Crippen LogP contribution in [0.2, 0.25) is 5.02 Å². The summed E-state index contributed by atoms with van der Waals surface area (Å²) in [6, 6.07) is 16.2. The van der Waals surface area contributed by atoms with Crippen LogP contribution in [0.25, 0.3) is 16.3 Å². The van der Waals surface area contributed by atoms with Crippen molar-refractivity contribution in [1.82, 2.24) is 0 Å². The number of thioether (sulfide) groups is 2. The normalized spacial score (nSPS) is 18.1. The smallest absolute Gasteiger partial charge is 0.763 e. The van der Waals surface area contributed by atoms with Crippen molar-refractivity contribution in [2.24, 2.45) is 10.7 Å². The third kappa shape index (κ3) is 10.7. The Kier molecular flexibility index (Phi) is 16.2. The molecule has 0 spiro atoms. The van der Waals surface area contributed by atoms with Gasteiger partial charge in [-0.05, 0) is 40.6 Å². The molecule has 16 heteroatoms. The number of rotatable bonds is 10. The summed E-state index contributed by atoms with van der Waals surface area (Å²) >= 11 is 8.96. The van der Waals surface area contributed by atoms with Gasteiger partial charge in [-0.3, -0.25) is 10.4 Å².